The molecule has 20 heavy (non-hydrogen) atoms. The lowest BCUT2D eigenvalue weighted by Gasteiger charge is -2.07. The third kappa shape index (κ3) is 3.60. The van der Waals surface area contributed by atoms with E-state index in [0.29, 0.717) is 5.69 Å². The van der Waals surface area contributed by atoms with E-state index < -0.39 is 0 Å². The van der Waals surface area contributed by atoms with Crippen molar-refractivity contribution in [1.29, 1.82) is 0 Å². The van der Waals surface area contributed by atoms with Crippen molar-refractivity contribution in [3.63, 3.8) is 0 Å². The van der Waals surface area contributed by atoms with E-state index in [2.05, 4.69) is 5.10 Å². The molecule has 1 aromatic carbocycles. The fourth-order valence-corrected chi connectivity index (χ4v) is 2.00. The number of anilines is 1. The van der Waals surface area contributed by atoms with Crippen molar-refractivity contribution in [2.24, 2.45) is 0 Å². The van der Waals surface area contributed by atoms with E-state index in [1.165, 1.54) is 0 Å². The maximum atomic E-state index is 11.8. The number of carbonyl (C=O) groups is 1. The summed E-state index contributed by atoms with van der Waals surface area (Å²) in [7, 11) is 0. The van der Waals surface area contributed by atoms with Crippen molar-refractivity contribution in [2.75, 3.05) is 5.73 Å². The van der Waals surface area contributed by atoms with E-state index in [1.807, 2.05) is 36.7 Å². The van der Waals surface area contributed by atoms with Crippen molar-refractivity contribution in [1.82, 2.24) is 9.78 Å². The number of nitrogens with two attached hydrogens (primary N) is 1. The molecule has 1 heterocycles. The third-order valence-corrected chi connectivity index (χ3v) is 2.99. The maximum absolute atomic E-state index is 11.8. The molecule has 0 atom stereocenters. The molecule has 5 nitrogen and oxygen atoms in total. The Bertz CT molecular complexity index is 588. The lowest BCUT2D eigenvalue weighted by atomic mass is 10.1. The first kappa shape index (κ1) is 14.1. The highest BCUT2D eigenvalue weighted by Gasteiger charge is 2.09. The number of hydrogen-bond donors (Lipinski definition) is 1. The van der Waals surface area contributed by atoms with Gasteiger partial charge < -0.3 is 10.5 Å². The van der Waals surface area contributed by atoms with Gasteiger partial charge in [0.15, 0.2) is 0 Å². The van der Waals surface area contributed by atoms with Crippen LogP contribution in [0.25, 0.3) is 0 Å². The van der Waals surface area contributed by atoms with E-state index in [1.54, 1.807) is 12.1 Å². The lowest BCUT2D eigenvalue weighted by Crippen LogP contribution is -2.11. The van der Waals surface area contributed by atoms with E-state index in [0.717, 1.165) is 23.5 Å². The number of rotatable bonds is 5. The number of hydrogen-bond acceptors (Lipinski definition) is 4. The Morgan fingerprint density at radius 3 is 2.70 bits per heavy atom. The standard InChI is InChI=1S/C15H19N3O2/c1-3-18-14(8-11(2)17-18)10-20-15(19)9-12-4-6-13(16)7-5-12/h4-8H,3,9-10,16H2,1-2H3. The fourth-order valence-electron chi connectivity index (χ4n) is 2.00. The first-order valence-corrected chi connectivity index (χ1v) is 6.62. The van der Waals surface area contributed by atoms with Crippen molar-refractivity contribution in [3.8, 4) is 0 Å². The molecule has 0 aliphatic heterocycles. The average Bonchev–Trinajstić information content (AvgIpc) is 2.79. The minimum absolute atomic E-state index is 0.250. The van der Waals surface area contributed by atoms with Gasteiger partial charge in [0, 0.05) is 12.2 Å². The monoisotopic (exact) mass is 273 g/mol. The van der Waals surface area contributed by atoms with Crippen LogP contribution in [0.5, 0.6) is 0 Å². The molecule has 0 spiro atoms. The summed E-state index contributed by atoms with van der Waals surface area (Å²) >= 11 is 0. The van der Waals surface area contributed by atoms with Crippen molar-refractivity contribution < 1.29 is 9.53 Å². The first-order chi connectivity index (χ1) is 9.58. The van der Waals surface area contributed by atoms with Crippen LogP contribution in [0, 0.1) is 6.92 Å². The zero-order valence-electron chi connectivity index (χ0n) is 11.8. The van der Waals surface area contributed by atoms with Crippen LogP contribution in [0.15, 0.2) is 30.3 Å². The molecule has 2 N–H and O–H groups in total. The number of carbonyl (C=O) groups excluding carboxylic acids is 1. The van der Waals surface area contributed by atoms with Gasteiger partial charge in [-0.2, -0.15) is 5.10 Å². The molecule has 5 heteroatoms. The summed E-state index contributed by atoms with van der Waals surface area (Å²) in [4.78, 5) is 11.8. The van der Waals surface area contributed by atoms with Crippen LogP contribution in [-0.2, 0) is 29.1 Å². The van der Waals surface area contributed by atoms with Gasteiger partial charge >= 0.3 is 5.97 Å². The SMILES string of the molecule is CCn1nc(C)cc1COC(=O)Cc1ccc(N)cc1. The predicted octanol–water partition coefficient (Wildman–Crippen LogP) is 2.08. The summed E-state index contributed by atoms with van der Waals surface area (Å²) in [6.07, 6.45) is 0.250. The van der Waals surface area contributed by atoms with Crippen molar-refractivity contribution in [2.45, 2.75) is 33.4 Å². The molecule has 0 fully saturated rings. The van der Waals surface area contributed by atoms with Crippen LogP contribution < -0.4 is 5.73 Å². The number of esters is 1. The fraction of sp³-hybridized carbons (Fsp3) is 0.333. The Morgan fingerprint density at radius 2 is 2.05 bits per heavy atom. The topological polar surface area (TPSA) is 70.1 Å². The second-order valence-electron chi connectivity index (χ2n) is 4.67. The van der Waals surface area contributed by atoms with Gasteiger partial charge in [-0.1, -0.05) is 12.1 Å². The predicted molar refractivity (Wildman–Crippen MR) is 77.0 cm³/mol. The highest BCUT2D eigenvalue weighted by Crippen LogP contribution is 2.09. The molecule has 106 valence electrons. The van der Waals surface area contributed by atoms with Crippen LogP contribution in [0.1, 0.15) is 23.9 Å². The summed E-state index contributed by atoms with van der Waals surface area (Å²) < 4.78 is 7.13. The van der Waals surface area contributed by atoms with Crippen LogP contribution in [-0.4, -0.2) is 15.7 Å². The minimum Gasteiger partial charge on any atom is -0.459 e. The summed E-state index contributed by atoms with van der Waals surface area (Å²) in [5, 5.41) is 4.31. The molecule has 0 saturated heterocycles. The van der Waals surface area contributed by atoms with Gasteiger partial charge in [-0.25, -0.2) is 0 Å². The molecule has 0 unspecified atom stereocenters. The molecular formula is C15H19N3O2. The largest absolute Gasteiger partial charge is 0.459 e. The first-order valence-electron chi connectivity index (χ1n) is 6.62. The molecular weight excluding hydrogens is 254 g/mol. The van der Waals surface area contributed by atoms with Gasteiger partial charge in [0.25, 0.3) is 0 Å². The lowest BCUT2D eigenvalue weighted by molar-refractivity contribution is -0.144. The van der Waals surface area contributed by atoms with Crippen LogP contribution in [0.4, 0.5) is 5.69 Å². The normalized spacial score (nSPS) is 10.5. The van der Waals surface area contributed by atoms with Crippen LogP contribution in [0.3, 0.4) is 0 Å². The highest BCUT2D eigenvalue weighted by atomic mass is 16.5. The van der Waals surface area contributed by atoms with E-state index in [-0.39, 0.29) is 19.0 Å². The minimum atomic E-state index is -0.253. The molecule has 0 aliphatic rings. The van der Waals surface area contributed by atoms with E-state index in [4.69, 9.17) is 10.5 Å². The molecule has 0 radical (unpaired) electrons. The maximum Gasteiger partial charge on any atom is 0.310 e. The molecule has 1 aromatic heterocycles. The molecule has 0 amide bonds. The number of ether oxygens (including phenoxy) is 1. The molecule has 0 saturated carbocycles. The van der Waals surface area contributed by atoms with Crippen LogP contribution >= 0.6 is 0 Å². The van der Waals surface area contributed by atoms with Gasteiger partial charge in [-0.05, 0) is 37.6 Å². The van der Waals surface area contributed by atoms with Crippen molar-refractivity contribution in [3.05, 3.63) is 47.3 Å². The number of nitrogens with zero attached hydrogens (tertiary/aromatic N) is 2. The van der Waals surface area contributed by atoms with E-state index in [9.17, 15) is 4.79 Å². The molecule has 0 bridgehead atoms. The number of aromatic nitrogens is 2. The molecule has 0 aliphatic carbocycles. The summed E-state index contributed by atoms with van der Waals surface area (Å²) in [6.45, 7) is 4.94. The zero-order chi connectivity index (χ0) is 14.5. The summed E-state index contributed by atoms with van der Waals surface area (Å²) in [6, 6.07) is 9.14. The van der Waals surface area contributed by atoms with Crippen molar-refractivity contribution >= 4 is 11.7 Å². The zero-order valence-corrected chi connectivity index (χ0v) is 11.8. The Labute approximate surface area is 118 Å². The second kappa shape index (κ2) is 6.23. The van der Waals surface area contributed by atoms with Gasteiger partial charge in [-0.3, -0.25) is 9.48 Å². The van der Waals surface area contributed by atoms with Gasteiger partial charge in [-0.15, -0.1) is 0 Å². The quantitative estimate of drug-likeness (QED) is 0.669. The Morgan fingerprint density at radius 1 is 1.35 bits per heavy atom. The summed E-state index contributed by atoms with van der Waals surface area (Å²) in [5.41, 5.74) is 9.02. The van der Waals surface area contributed by atoms with Crippen LogP contribution in [0.2, 0.25) is 0 Å². The second-order valence-corrected chi connectivity index (χ2v) is 4.67. The third-order valence-electron chi connectivity index (χ3n) is 2.99. The number of benzene rings is 1. The highest BCUT2D eigenvalue weighted by molar-refractivity contribution is 5.72. The Hall–Kier alpha value is -2.30. The van der Waals surface area contributed by atoms with Gasteiger partial charge in [0.1, 0.15) is 6.61 Å². The Balaban J connectivity index is 1.90. The number of nitrogen functional groups attached to an aromatic ring is 1. The average molecular weight is 273 g/mol. The number of aryl methyl sites for hydroxylation is 2. The molecule has 2 rings (SSSR count). The van der Waals surface area contributed by atoms with Gasteiger partial charge in [0.05, 0.1) is 17.8 Å². The van der Waals surface area contributed by atoms with Gasteiger partial charge in [0.2, 0.25) is 0 Å². The Kier molecular flexibility index (Phi) is 4.40. The summed E-state index contributed by atoms with van der Waals surface area (Å²) in [5.74, 6) is -0.253. The molecule has 2 aromatic rings. The van der Waals surface area contributed by atoms with E-state index >= 15 is 0 Å². The smallest absolute Gasteiger partial charge is 0.310 e.